The Morgan fingerprint density at radius 2 is 1.70 bits per heavy atom. The molecule has 226 valence electrons. The van der Waals surface area contributed by atoms with E-state index in [0.29, 0.717) is 6.42 Å². The first kappa shape index (κ1) is 33.0. The van der Waals surface area contributed by atoms with Crippen molar-refractivity contribution in [2.45, 2.75) is 123 Å². The number of esters is 1. The van der Waals surface area contributed by atoms with Crippen LogP contribution in [0.3, 0.4) is 0 Å². The first-order valence-corrected chi connectivity index (χ1v) is 15.2. The number of hydrogen-bond acceptors (Lipinski definition) is 10. The van der Waals surface area contributed by atoms with Gasteiger partial charge < -0.3 is 33.1 Å². The largest absolute Gasteiger partial charge is 0.489 e. The molecule has 2 aliphatic heterocycles. The fourth-order valence-electron chi connectivity index (χ4n) is 4.33. The molecule has 2 aliphatic rings. The van der Waals surface area contributed by atoms with Crippen LogP contribution in [0.1, 0.15) is 75.7 Å². The summed E-state index contributed by atoms with van der Waals surface area (Å²) in [7, 11) is -4.86. The zero-order valence-electron chi connectivity index (χ0n) is 25.3. The molecule has 0 spiro atoms. The van der Waals surface area contributed by atoms with Crippen LogP contribution < -0.4 is 9.61 Å². The fourth-order valence-corrected chi connectivity index (χ4v) is 5.92. The molecule has 1 aromatic rings. The maximum atomic E-state index is 14.0. The molecule has 2 fully saturated rings. The predicted molar refractivity (Wildman–Crippen MR) is 150 cm³/mol. The lowest BCUT2D eigenvalue weighted by Gasteiger charge is -2.35. The summed E-state index contributed by atoms with van der Waals surface area (Å²) in [4.78, 5) is 12.5. The van der Waals surface area contributed by atoms with Crippen LogP contribution in [0, 0.1) is 0 Å². The van der Waals surface area contributed by atoms with Gasteiger partial charge in [-0.15, -0.1) is 0 Å². The van der Waals surface area contributed by atoms with Gasteiger partial charge in [-0.2, -0.15) is 5.09 Å². The second-order valence-electron chi connectivity index (χ2n) is 12.4. The molecule has 2 N–H and O–H groups in total. The van der Waals surface area contributed by atoms with Crippen molar-refractivity contribution in [3.05, 3.63) is 30.3 Å². The van der Waals surface area contributed by atoms with Crippen molar-refractivity contribution in [1.82, 2.24) is 5.09 Å². The van der Waals surface area contributed by atoms with E-state index in [0.717, 1.165) is 0 Å². The molecule has 0 radical (unpaired) electrons. The van der Waals surface area contributed by atoms with Crippen molar-refractivity contribution in [2.24, 2.45) is 0 Å². The van der Waals surface area contributed by atoms with Crippen molar-refractivity contribution in [1.29, 1.82) is 0 Å². The second-order valence-corrected chi connectivity index (χ2v) is 14.1. The molecule has 13 heteroatoms. The highest BCUT2D eigenvalue weighted by molar-refractivity contribution is 7.52. The summed E-state index contributed by atoms with van der Waals surface area (Å²) in [5.41, 5.74) is -2.35. The van der Waals surface area contributed by atoms with E-state index in [1.54, 1.807) is 51.1 Å². The molecule has 0 bridgehead atoms. The zero-order valence-corrected chi connectivity index (χ0v) is 26.2. The number of benzene rings is 1. The number of carbonyl (C=O) groups excluding carboxylic acids is 1. The Bertz CT molecular complexity index is 1050. The number of rotatable bonds is 12. The van der Waals surface area contributed by atoms with Gasteiger partial charge in [-0.25, -0.2) is 4.57 Å². The lowest BCUT2D eigenvalue weighted by Crippen LogP contribution is -2.47. The van der Waals surface area contributed by atoms with E-state index in [-0.39, 0.29) is 18.5 Å². The SMILES string of the molecule is CC(C)OC(=O)[C@H](C)N[P@](=O)(OC[C@@]1(C)O[C@@H](B2OC(C)(C)C(C)(C)O2)C[C@@H]1OC(C)(C)O)Oc1ccccc1. The van der Waals surface area contributed by atoms with Crippen LogP contribution in [0.15, 0.2) is 30.3 Å². The van der Waals surface area contributed by atoms with E-state index in [1.807, 2.05) is 27.7 Å². The summed E-state index contributed by atoms with van der Waals surface area (Å²) < 4.78 is 55.8. The van der Waals surface area contributed by atoms with E-state index in [1.165, 1.54) is 20.8 Å². The van der Waals surface area contributed by atoms with Crippen LogP contribution >= 0.6 is 7.75 Å². The Labute approximate surface area is 238 Å². The van der Waals surface area contributed by atoms with Crippen LogP contribution in [0.2, 0.25) is 0 Å². The maximum Gasteiger partial charge on any atom is 0.489 e. The quantitative estimate of drug-likeness (QED) is 0.157. The Balaban J connectivity index is 1.83. The van der Waals surface area contributed by atoms with Crippen molar-refractivity contribution < 1.29 is 47.0 Å². The molecule has 1 aromatic carbocycles. The number of hydrogen-bond donors (Lipinski definition) is 2. The smallest absolute Gasteiger partial charge is 0.462 e. The van der Waals surface area contributed by atoms with Crippen LogP contribution in [0.5, 0.6) is 5.75 Å². The first-order valence-electron chi connectivity index (χ1n) is 13.7. The number of carbonyl (C=O) groups is 1. The molecule has 40 heavy (non-hydrogen) atoms. The van der Waals surface area contributed by atoms with Crippen molar-refractivity contribution in [3.63, 3.8) is 0 Å². The van der Waals surface area contributed by atoms with Crippen molar-refractivity contribution in [2.75, 3.05) is 6.61 Å². The number of aliphatic hydroxyl groups is 1. The predicted octanol–water partition coefficient (Wildman–Crippen LogP) is 4.41. The summed E-state index contributed by atoms with van der Waals surface area (Å²) in [5, 5.41) is 13.2. The standard InChI is InChI=1S/C27H45BNO10P/c1-18(2)34-23(30)19(3)29-40(32,37-20-14-12-11-13-15-20)33-17-27(10)21(35-26(8,9)31)16-22(36-27)28-38-24(4,5)25(6,7)39-28/h11-15,18-19,21-22,31H,16-17H2,1-10H3,(H,29,32)/t19-,21-,22+,27+,40-/m0/s1. The van der Waals surface area contributed by atoms with Crippen molar-refractivity contribution >= 4 is 20.8 Å². The van der Waals surface area contributed by atoms with E-state index in [2.05, 4.69) is 5.09 Å². The van der Waals surface area contributed by atoms with Gasteiger partial charge in [0.05, 0.1) is 36.0 Å². The summed E-state index contributed by atoms with van der Waals surface area (Å²) >= 11 is 0. The van der Waals surface area contributed by atoms with E-state index < -0.39 is 61.6 Å². The fraction of sp³-hybridized carbons (Fsp3) is 0.741. The normalized spacial score (nSPS) is 28.4. The minimum Gasteiger partial charge on any atom is -0.462 e. The Morgan fingerprint density at radius 1 is 1.12 bits per heavy atom. The Morgan fingerprint density at radius 3 is 2.23 bits per heavy atom. The average molecular weight is 585 g/mol. The first-order chi connectivity index (χ1) is 18.2. The molecule has 0 aliphatic carbocycles. The van der Waals surface area contributed by atoms with Gasteiger partial charge in [0.25, 0.3) is 0 Å². The van der Waals surface area contributed by atoms with Crippen LogP contribution in [0.4, 0.5) is 0 Å². The van der Waals surface area contributed by atoms with E-state index >= 15 is 0 Å². The molecule has 0 amide bonds. The zero-order chi connectivity index (χ0) is 30.1. The minimum absolute atomic E-state index is 0.271. The minimum atomic E-state index is -4.17. The molecule has 0 saturated carbocycles. The molecular weight excluding hydrogens is 540 g/mol. The number of nitrogens with one attached hydrogen (secondary N) is 1. The summed E-state index contributed by atoms with van der Waals surface area (Å²) in [6.45, 7) is 17.2. The third-order valence-electron chi connectivity index (χ3n) is 7.10. The van der Waals surface area contributed by atoms with Crippen LogP contribution in [0.25, 0.3) is 0 Å². The monoisotopic (exact) mass is 585 g/mol. The highest BCUT2D eigenvalue weighted by atomic mass is 31.2. The van der Waals surface area contributed by atoms with E-state index in [4.69, 9.17) is 32.6 Å². The summed E-state index contributed by atoms with van der Waals surface area (Å²) in [6, 6.07) is 6.91. The molecule has 5 atom stereocenters. The summed E-state index contributed by atoms with van der Waals surface area (Å²) in [6.07, 6.45) is -0.732. The van der Waals surface area contributed by atoms with Crippen LogP contribution in [-0.2, 0) is 37.4 Å². The van der Waals surface area contributed by atoms with Gasteiger partial charge in [-0.3, -0.25) is 9.32 Å². The molecule has 2 saturated heterocycles. The summed E-state index contributed by atoms with van der Waals surface area (Å²) in [5.74, 6) is -1.82. The topological polar surface area (TPSA) is 131 Å². The molecular formula is C27H45BNO10P. The lowest BCUT2D eigenvalue weighted by atomic mass is 9.78. The van der Waals surface area contributed by atoms with Crippen LogP contribution in [-0.4, -0.2) is 71.6 Å². The second kappa shape index (κ2) is 12.0. The lowest BCUT2D eigenvalue weighted by molar-refractivity contribution is -0.233. The highest BCUT2D eigenvalue weighted by Crippen LogP contribution is 2.48. The van der Waals surface area contributed by atoms with Gasteiger partial charge in [-0.1, -0.05) is 18.2 Å². The third-order valence-corrected chi connectivity index (χ3v) is 8.72. The number of para-hydroxylation sites is 1. The molecule has 3 rings (SSSR count). The highest BCUT2D eigenvalue weighted by Gasteiger charge is 2.60. The molecule has 0 unspecified atom stereocenters. The van der Waals surface area contributed by atoms with Gasteiger partial charge in [0, 0.05) is 6.42 Å². The van der Waals surface area contributed by atoms with Gasteiger partial charge >= 0.3 is 20.8 Å². The molecule has 11 nitrogen and oxygen atoms in total. The van der Waals surface area contributed by atoms with Gasteiger partial charge in [-0.05, 0) is 81.4 Å². The van der Waals surface area contributed by atoms with E-state index in [9.17, 15) is 14.5 Å². The van der Waals surface area contributed by atoms with Gasteiger partial charge in [0.2, 0.25) is 0 Å². The van der Waals surface area contributed by atoms with Gasteiger partial charge in [0.15, 0.2) is 5.79 Å². The Kier molecular flexibility index (Phi) is 9.91. The average Bonchev–Trinajstić information content (AvgIpc) is 3.23. The van der Waals surface area contributed by atoms with Gasteiger partial charge in [0.1, 0.15) is 17.4 Å². The molecule has 0 aromatic heterocycles. The Hall–Kier alpha value is -1.50. The third kappa shape index (κ3) is 8.29. The maximum absolute atomic E-state index is 14.0. The molecule has 2 heterocycles. The van der Waals surface area contributed by atoms with Crippen molar-refractivity contribution in [3.8, 4) is 5.75 Å². The number of ether oxygens (including phenoxy) is 3.